The van der Waals surface area contributed by atoms with E-state index in [2.05, 4.69) is 28.9 Å². The van der Waals surface area contributed by atoms with Crippen LogP contribution >= 0.6 is 35.2 Å². The molecule has 0 saturated heterocycles. The Morgan fingerprint density at radius 2 is 0.821 bits per heavy atom. The van der Waals surface area contributed by atoms with E-state index in [1.54, 1.807) is 217 Å². The number of allylic oxidation sites excluding steroid dienone is 1. The van der Waals surface area contributed by atoms with Gasteiger partial charge < -0.3 is 0 Å². The molecule has 2 aromatic rings. The van der Waals surface area contributed by atoms with Crippen molar-refractivity contribution in [3.63, 3.8) is 0 Å². The van der Waals surface area contributed by atoms with E-state index in [4.69, 9.17) is 19.4 Å². The van der Waals surface area contributed by atoms with Crippen LogP contribution < -0.4 is 0 Å². The molecule has 2 amide bonds. The van der Waals surface area contributed by atoms with E-state index in [0.717, 1.165) is 12.8 Å². The second-order valence-electron chi connectivity index (χ2n) is 22.5. The van der Waals surface area contributed by atoms with Crippen LogP contribution in [0.25, 0.3) is 6.08 Å². The zero-order valence-corrected chi connectivity index (χ0v) is 46.6. The van der Waals surface area contributed by atoms with Crippen LogP contribution in [-0.2, 0) is 13.5 Å². The molecule has 2 aromatic carbocycles. The number of carbonyl (C=O) groups is 2. The maximum atomic E-state index is 12.8. The van der Waals surface area contributed by atoms with Crippen molar-refractivity contribution >= 4 is 57.7 Å². The Bertz CT molecular complexity index is 1680. The molecule has 1 aliphatic heterocycles. The monoisotopic (exact) mass is 1080 g/mol. The summed E-state index contributed by atoms with van der Waals surface area (Å²) in [6.45, 7) is 0.415. The van der Waals surface area contributed by atoms with E-state index in [9.17, 15) is 9.59 Å². The third-order valence-electron chi connectivity index (χ3n) is 18.1. The quantitative estimate of drug-likeness (QED) is 0.128. The summed E-state index contributed by atoms with van der Waals surface area (Å²) in [5.41, 5.74) is 9.52. The number of carbonyl (C=O) groups excluding carboxylic acids is 2. The number of nitrogens with zero attached hydrogens (tertiary/aromatic N) is 1. The summed E-state index contributed by atoms with van der Waals surface area (Å²) in [5.74, 6) is 0.380. The van der Waals surface area contributed by atoms with Crippen LogP contribution in [0.4, 0.5) is 0 Å². The average molecular weight is 1080 g/mol. The van der Waals surface area contributed by atoms with Crippen LogP contribution in [0, 0.1) is 17.8 Å². The van der Waals surface area contributed by atoms with E-state index in [-0.39, 0.29) is 39.5 Å². The van der Waals surface area contributed by atoms with Crippen LogP contribution in [0.1, 0.15) is 232 Å². The van der Waals surface area contributed by atoms with Crippen molar-refractivity contribution in [2.24, 2.45) is 17.8 Å². The summed E-state index contributed by atoms with van der Waals surface area (Å²) in [5, 5.41) is 0. The molecule has 3 unspecified atom stereocenters. The normalized spacial score (nSPS) is 26.9. The Hall–Kier alpha value is -0.747. The van der Waals surface area contributed by atoms with Gasteiger partial charge in [0.25, 0.3) is 0 Å². The molecule has 372 valence electrons. The number of benzene rings is 2. The molecule has 0 radical (unpaired) electrons. The number of hydrogen-bond acceptors (Lipinski definition) is 2. The summed E-state index contributed by atoms with van der Waals surface area (Å²) in [6.07, 6.45) is 53.8. The molecular formula is C59H89Cl2NO2P2Ru+2. The summed E-state index contributed by atoms with van der Waals surface area (Å²) in [4.78, 5) is 26.9. The Kier molecular flexibility index (Phi) is 21.9. The second-order valence-corrected chi connectivity index (χ2v) is 35.2. The van der Waals surface area contributed by atoms with Gasteiger partial charge in [-0.2, -0.15) is 0 Å². The van der Waals surface area contributed by atoms with Gasteiger partial charge in [-0.3, -0.25) is 0 Å². The molecule has 1 heterocycles. The zero-order valence-electron chi connectivity index (χ0n) is 41.3. The molecule has 67 heavy (non-hydrogen) atoms. The van der Waals surface area contributed by atoms with E-state index in [0.29, 0.717) is 23.6 Å². The molecule has 7 saturated carbocycles. The minimum absolute atomic E-state index is 0.0465. The molecule has 3 nitrogen and oxygen atoms in total. The van der Waals surface area contributed by atoms with Crippen molar-refractivity contribution < 1.29 is 23.1 Å². The van der Waals surface area contributed by atoms with E-state index >= 15 is 0 Å². The molecular weight excluding hydrogens is 989 g/mol. The van der Waals surface area contributed by atoms with Gasteiger partial charge >= 0.3 is 184 Å². The van der Waals surface area contributed by atoms with Crippen molar-refractivity contribution in [1.82, 2.24) is 4.90 Å². The fraction of sp³-hybridized carbons (Fsp3) is 0.712. The van der Waals surface area contributed by atoms with Crippen LogP contribution in [0.5, 0.6) is 0 Å². The van der Waals surface area contributed by atoms with Crippen LogP contribution in [-0.4, -0.2) is 61.8 Å². The summed E-state index contributed by atoms with van der Waals surface area (Å²) in [6, 6.07) is 17.2. The van der Waals surface area contributed by atoms with Crippen molar-refractivity contribution in [3.05, 3.63) is 77.4 Å². The van der Waals surface area contributed by atoms with Gasteiger partial charge in [0.1, 0.15) is 0 Å². The Morgan fingerprint density at radius 3 is 1.16 bits per heavy atom. The van der Waals surface area contributed by atoms with Gasteiger partial charge in [-0.25, -0.2) is 0 Å². The number of hydrogen-bond donors (Lipinski definition) is 0. The predicted octanol–water partition coefficient (Wildman–Crippen LogP) is 17.8. The Morgan fingerprint density at radius 1 is 0.478 bits per heavy atom. The molecule has 7 aliphatic carbocycles. The predicted molar refractivity (Wildman–Crippen MR) is 293 cm³/mol. The SMILES string of the molecule is C1CCC([PH+](C2CCCCC2)C2CCCCC2)CC1.C1CCC([PH+](C2CCCCC2)C2CCCCC2)CC1.O=C1c2ccccc2C(=O)N1CC1CC(/C=C\c2ccccc2)CC1[CH]=[Ru]([Cl])[Cl]. The van der Waals surface area contributed by atoms with Gasteiger partial charge in [0, 0.05) is 15.8 Å². The molecule has 3 atom stereocenters. The van der Waals surface area contributed by atoms with Gasteiger partial charge in [0.15, 0.2) is 0 Å². The molecule has 0 aromatic heterocycles. The van der Waals surface area contributed by atoms with Gasteiger partial charge in [0.2, 0.25) is 0 Å². The van der Waals surface area contributed by atoms with Crippen molar-refractivity contribution in [2.45, 2.75) is 239 Å². The topological polar surface area (TPSA) is 37.4 Å². The molecule has 7 fully saturated rings. The third kappa shape index (κ3) is 15.2. The fourth-order valence-electron chi connectivity index (χ4n) is 14.9. The van der Waals surface area contributed by atoms with Crippen LogP contribution in [0.2, 0.25) is 0 Å². The Balaban J connectivity index is 0.000000141. The fourth-order valence-corrected chi connectivity index (χ4v) is 28.0. The van der Waals surface area contributed by atoms with Crippen molar-refractivity contribution in [2.75, 3.05) is 6.54 Å². The number of halogens is 2. The molecule has 8 aliphatic rings. The molecule has 0 N–H and O–H groups in total. The van der Waals surface area contributed by atoms with Crippen molar-refractivity contribution in [3.8, 4) is 0 Å². The summed E-state index contributed by atoms with van der Waals surface area (Å²) < 4.78 is 2.08. The number of imide groups is 1. The van der Waals surface area contributed by atoms with E-state index in [1.807, 2.05) is 18.2 Å². The number of rotatable bonds is 11. The average Bonchev–Trinajstić information content (AvgIpc) is 3.88. The standard InChI is InChI=1S/C23H21NO2.2C18H33P.2ClH.Ru/c1-16-13-18(12-11-17-7-3-2-4-8-17)14-19(16)15-24-22(25)20-9-5-6-10-21(20)23(24)26;2*1-4-10-16(11-5-1)19(17-12-6-2-7-13-17)18-14-8-3-9-15-18;;;/h1-12,16,18-19H,13-15H2;2*16-18H,1-15H2;2*1H;/q;;;;;+2/b12-11-;;;;;. The van der Waals surface area contributed by atoms with Gasteiger partial charge in [-0.05, 0) is 154 Å². The molecule has 0 spiro atoms. The van der Waals surface area contributed by atoms with Crippen molar-refractivity contribution in [1.29, 1.82) is 0 Å². The molecule has 0 bridgehead atoms. The second kappa shape index (κ2) is 27.9. The zero-order chi connectivity index (χ0) is 46.2. The number of amides is 2. The number of fused-ring (bicyclic) bond motifs is 1. The summed E-state index contributed by atoms with van der Waals surface area (Å²) in [7, 11) is 12.3. The van der Waals surface area contributed by atoms with Gasteiger partial charge in [0.05, 0.1) is 34.0 Å². The van der Waals surface area contributed by atoms with E-state index < -0.39 is 13.5 Å². The van der Waals surface area contributed by atoms with Crippen LogP contribution in [0.3, 0.4) is 0 Å². The van der Waals surface area contributed by atoms with Gasteiger partial charge in [-0.15, -0.1) is 0 Å². The maximum absolute atomic E-state index is 12.8. The van der Waals surface area contributed by atoms with Crippen LogP contribution in [0.15, 0.2) is 60.7 Å². The minimum atomic E-state index is -1.94. The van der Waals surface area contributed by atoms with Gasteiger partial charge in [-0.1, -0.05) is 38.5 Å². The van der Waals surface area contributed by atoms with E-state index in [1.165, 1.54) is 44.4 Å². The summed E-state index contributed by atoms with van der Waals surface area (Å²) >= 11 is -1.94. The first-order valence-corrected chi connectivity index (χ1v) is 37.1. The third-order valence-corrected chi connectivity index (χ3v) is 29.5. The molecule has 10 rings (SSSR count). The molecule has 8 heteroatoms. The first-order chi connectivity index (χ1) is 32.9. The first-order valence-electron chi connectivity index (χ1n) is 28.2. The Labute approximate surface area is 423 Å². The first kappa shape index (κ1) is 52.6.